The van der Waals surface area contributed by atoms with Crippen LogP contribution < -0.4 is 10.1 Å². The first-order valence-corrected chi connectivity index (χ1v) is 11.9. The Bertz CT molecular complexity index is 1270. The predicted octanol–water partition coefficient (Wildman–Crippen LogP) is 4.70. The third-order valence-electron chi connectivity index (χ3n) is 5.26. The second kappa shape index (κ2) is 9.72. The smallest absolute Gasteiger partial charge is 0.236 e. The number of thioether (sulfide) groups is 1. The lowest BCUT2D eigenvalue weighted by Gasteiger charge is -2.14. The number of anilines is 1. The highest BCUT2D eigenvalue weighted by molar-refractivity contribution is 7.99. The van der Waals surface area contributed by atoms with E-state index in [2.05, 4.69) is 36.3 Å². The monoisotopic (exact) mass is 476 g/mol. The number of carbonyl (C=O) groups is 1. The van der Waals surface area contributed by atoms with Crippen molar-refractivity contribution < 1.29 is 9.53 Å². The summed E-state index contributed by atoms with van der Waals surface area (Å²) in [4.78, 5) is 12.8. The van der Waals surface area contributed by atoms with Crippen LogP contribution in [0.4, 0.5) is 5.82 Å². The molecule has 0 spiro atoms. The molecule has 2 heterocycles. The average Bonchev–Trinajstić information content (AvgIpc) is 3.42. The van der Waals surface area contributed by atoms with Crippen LogP contribution in [0.25, 0.3) is 17.1 Å². The number of nitrogens with one attached hydrogen (secondary N) is 1. The molecule has 8 nitrogen and oxygen atoms in total. The number of aromatic nitrogens is 5. The number of amides is 1. The zero-order chi connectivity index (χ0) is 24.3. The SMILES string of the molecule is COc1ccc(-c2nnc(SCC(=O)Nc3cc(C(C)(C)C)nn3-c3ccccc3)n2C)cc1. The minimum Gasteiger partial charge on any atom is -0.497 e. The van der Waals surface area contributed by atoms with Crippen LogP contribution >= 0.6 is 11.8 Å². The van der Waals surface area contributed by atoms with Crippen molar-refractivity contribution in [1.82, 2.24) is 24.5 Å². The maximum atomic E-state index is 12.8. The fourth-order valence-corrected chi connectivity index (χ4v) is 4.05. The van der Waals surface area contributed by atoms with Crippen molar-refractivity contribution in [3.05, 3.63) is 66.4 Å². The first-order chi connectivity index (χ1) is 16.3. The highest BCUT2D eigenvalue weighted by Crippen LogP contribution is 2.27. The van der Waals surface area contributed by atoms with Crippen LogP contribution in [0.2, 0.25) is 0 Å². The van der Waals surface area contributed by atoms with Gasteiger partial charge >= 0.3 is 0 Å². The van der Waals surface area contributed by atoms with E-state index in [1.54, 1.807) is 11.8 Å². The number of benzene rings is 2. The lowest BCUT2D eigenvalue weighted by molar-refractivity contribution is -0.113. The van der Waals surface area contributed by atoms with E-state index in [0.29, 0.717) is 11.0 Å². The number of ether oxygens (including phenoxy) is 1. The van der Waals surface area contributed by atoms with Crippen molar-refractivity contribution in [3.8, 4) is 22.8 Å². The normalized spacial score (nSPS) is 11.4. The molecule has 1 amide bonds. The topological polar surface area (TPSA) is 86.9 Å². The van der Waals surface area contributed by atoms with Gasteiger partial charge in [-0.2, -0.15) is 5.10 Å². The van der Waals surface area contributed by atoms with Crippen LogP contribution in [0.15, 0.2) is 65.8 Å². The molecule has 0 aliphatic rings. The number of rotatable bonds is 7. The molecule has 1 N–H and O–H groups in total. The second-order valence-corrected chi connectivity index (χ2v) is 9.79. The Balaban J connectivity index is 1.48. The minimum absolute atomic E-state index is 0.142. The van der Waals surface area contributed by atoms with Crippen LogP contribution in [-0.4, -0.2) is 43.3 Å². The molecule has 0 aliphatic carbocycles. The van der Waals surface area contributed by atoms with E-state index < -0.39 is 0 Å². The second-order valence-electron chi connectivity index (χ2n) is 8.84. The summed E-state index contributed by atoms with van der Waals surface area (Å²) in [7, 11) is 3.52. The maximum Gasteiger partial charge on any atom is 0.236 e. The zero-order valence-corrected chi connectivity index (χ0v) is 20.8. The van der Waals surface area contributed by atoms with Gasteiger partial charge in [0.15, 0.2) is 11.0 Å². The van der Waals surface area contributed by atoms with Crippen LogP contribution in [-0.2, 0) is 17.3 Å². The van der Waals surface area contributed by atoms with E-state index in [4.69, 9.17) is 9.84 Å². The summed E-state index contributed by atoms with van der Waals surface area (Å²) in [5, 5.41) is 17.0. The summed E-state index contributed by atoms with van der Waals surface area (Å²) in [6.45, 7) is 6.29. The Morgan fingerprint density at radius 1 is 1.06 bits per heavy atom. The van der Waals surface area contributed by atoms with Crippen molar-refractivity contribution in [3.63, 3.8) is 0 Å². The average molecular weight is 477 g/mol. The van der Waals surface area contributed by atoms with E-state index >= 15 is 0 Å². The number of methoxy groups -OCH3 is 1. The molecule has 9 heteroatoms. The third-order valence-corrected chi connectivity index (χ3v) is 6.28. The van der Waals surface area contributed by atoms with Gasteiger partial charge in [-0.3, -0.25) is 4.79 Å². The Morgan fingerprint density at radius 3 is 2.41 bits per heavy atom. The highest BCUT2D eigenvalue weighted by Gasteiger charge is 2.22. The zero-order valence-electron chi connectivity index (χ0n) is 19.9. The molecular weight excluding hydrogens is 448 g/mol. The van der Waals surface area contributed by atoms with Gasteiger partial charge in [-0.1, -0.05) is 50.7 Å². The van der Waals surface area contributed by atoms with Gasteiger partial charge in [0.1, 0.15) is 11.6 Å². The lowest BCUT2D eigenvalue weighted by atomic mass is 9.92. The minimum atomic E-state index is -0.148. The summed E-state index contributed by atoms with van der Waals surface area (Å²) in [6, 6.07) is 19.3. The Labute approximate surface area is 203 Å². The van der Waals surface area contributed by atoms with Gasteiger partial charge in [0.25, 0.3) is 0 Å². The quantitative estimate of drug-likeness (QED) is 0.389. The third kappa shape index (κ3) is 5.14. The van der Waals surface area contributed by atoms with Gasteiger partial charge in [-0.05, 0) is 36.4 Å². The molecule has 0 bridgehead atoms. The summed E-state index contributed by atoms with van der Waals surface area (Å²) >= 11 is 1.33. The van der Waals surface area contributed by atoms with Crippen LogP contribution in [0.3, 0.4) is 0 Å². The van der Waals surface area contributed by atoms with Crippen molar-refractivity contribution in [1.29, 1.82) is 0 Å². The van der Waals surface area contributed by atoms with Crippen molar-refractivity contribution in [2.24, 2.45) is 7.05 Å². The molecule has 0 unspecified atom stereocenters. The van der Waals surface area contributed by atoms with Crippen molar-refractivity contribution in [2.75, 3.05) is 18.2 Å². The van der Waals surface area contributed by atoms with Crippen molar-refractivity contribution >= 4 is 23.5 Å². The Kier molecular flexibility index (Phi) is 6.74. The van der Waals surface area contributed by atoms with Crippen LogP contribution in [0, 0.1) is 0 Å². The molecule has 4 aromatic rings. The molecule has 0 atom stereocenters. The number of para-hydroxylation sites is 1. The van der Waals surface area contributed by atoms with Crippen LogP contribution in [0.5, 0.6) is 5.75 Å². The standard InChI is InChI=1S/C25H28N6O2S/c1-25(2,3)20-15-21(31(29-20)18-9-7-6-8-10-18)26-22(32)16-34-24-28-27-23(30(24)4)17-11-13-19(33-5)14-12-17/h6-15H,16H2,1-5H3,(H,26,32). The maximum absolute atomic E-state index is 12.8. The summed E-state index contributed by atoms with van der Waals surface area (Å²) < 4.78 is 8.86. The summed E-state index contributed by atoms with van der Waals surface area (Å²) in [6.07, 6.45) is 0. The van der Waals surface area contributed by atoms with Gasteiger partial charge in [-0.25, -0.2) is 4.68 Å². The molecule has 2 aromatic heterocycles. The Hall–Kier alpha value is -3.59. The molecule has 2 aromatic carbocycles. The van der Waals surface area contributed by atoms with E-state index in [0.717, 1.165) is 28.5 Å². The first-order valence-electron chi connectivity index (χ1n) is 10.9. The number of hydrogen-bond acceptors (Lipinski definition) is 6. The number of hydrogen-bond donors (Lipinski definition) is 1. The van der Waals surface area contributed by atoms with E-state index in [1.165, 1.54) is 11.8 Å². The van der Waals surface area contributed by atoms with E-state index in [-0.39, 0.29) is 17.1 Å². The first kappa shape index (κ1) is 23.6. The largest absolute Gasteiger partial charge is 0.497 e. The lowest BCUT2D eigenvalue weighted by Crippen LogP contribution is -2.17. The summed E-state index contributed by atoms with van der Waals surface area (Å²) in [5.41, 5.74) is 2.56. The fourth-order valence-electron chi connectivity index (χ4n) is 3.34. The molecular formula is C25H28N6O2S. The van der Waals surface area contributed by atoms with Crippen molar-refractivity contribution in [2.45, 2.75) is 31.3 Å². The van der Waals surface area contributed by atoms with E-state index in [1.807, 2.05) is 72.3 Å². The highest BCUT2D eigenvalue weighted by atomic mass is 32.2. The molecule has 0 radical (unpaired) electrons. The molecule has 176 valence electrons. The van der Waals surface area contributed by atoms with Gasteiger partial charge in [0.2, 0.25) is 5.91 Å². The van der Waals surface area contributed by atoms with Gasteiger partial charge < -0.3 is 14.6 Å². The molecule has 0 saturated carbocycles. The molecule has 34 heavy (non-hydrogen) atoms. The molecule has 0 saturated heterocycles. The van der Waals surface area contributed by atoms with Gasteiger partial charge in [-0.15, -0.1) is 10.2 Å². The van der Waals surface area contributed by atoms with Gasteiger partial charge in [0, 0.05) is 24.1 Å². The molecule has 0 fully saturated rings. The predicted molar refractivity (Wildman–Crippen MR) is 135 cm³/mol. The number of carbonyl (C=O) groups excluding carboxylic acids is 1. The molecule has 0 aliphatic heterocycles. The molecule has 4 rings (SSSR count). The van der Waals surface area contributed by atoms with Gasteiger partial charge in [0.05, 0.1) is 24.2 Å². The Morgan fingerprint density at radius 2 is 1.76 bits per heavy atom. The van der Waals surface area contributed by atoms with E-state index in [9.17, 15) is 4.79 Å². The fraction of sp³-hybridized carbons (Fsp3) is 0.280. The van der Waals surface area contributed by atoms with Crippen LogP contribution in [0.1, 0.15) is 26.5 Å². The number of nitrogens with zero attached hydrogens (tertiary/aromatic N) is 5. The summed E-state index contributed by atoms with van der Waals surface area (Å²) in [5.74, 6) is 2.19.